The Hall–Kier alpha value is -3.11. The number of anilines is 1. The van der Waals surface area contributed by atoms with Gasteiger partial charge in [0, 0.05) is 24.6 Å². The third-order valence-corrected chi connectivity index (χ3v) is 12.9. The van der Waals surface area contributed by atoms with Crippen LogP contribution >= 0.6 is 63.7 Å². The van der Waals surface area contributed by atoms with Crippen LogP contribution in [0.5, 0.6) is 0 Å². The van der Waals surface area contributed by atoms with E-state index < -0.39 is 46.0 Å². The lowest BCUT2D eigenvalue weighted by atomic mass is 9.73. The number of β-lactam (4-membered cyclic amide) rings is 1. The Morgan fingerprint density at radius 2 is 1.51 bits per heavy atom. The third kappa shape index (κ3) is 6.89. The summed E-state index contributed by atoms with van der Waals surface area (Å²) in [5.74, 6) is -0.941. The van der Waals surface area contributed by atoms with Crippen LogP contribution in [0.1, 0.15) is 84.3 Å². The molecule has 1 saturated heterocycles. The number of hydrogen-bond donors (Lipinski definition) is 0. The van der Waals surface area contributed by atoms with Crippen LogP contribution in [-0.4, -0.2) is 49.5 Å². The van der Waals surface area contributed by atoms with E-state index in [2.05, 4.69) is 63.7 Å². The molecule has 0 saturated carbocycles. The van der Waals surface area contributed by atoms with Gasteiger partial charge in [0.15, 0.2) is 10.5 Å². The zero-order valence-electron chi connectivity index (χ0n) is 30.4. The average molecular weight is 982 g/mol. The van der Waals surface area contributed by atoms with E-state index in [9.17, 15) is 14.4 Å². The van der Waals surface area contributed by atoms with Crippen LogP contribution in [0.15, 0.2) is 71.9 Å². The summed E-state index contributed by atoms with van der Waals surface area (Å²) in [6.07, 6.45) is 1.39. The van der Waals surface area contributed by atoms with Crippen molar-refractivity contribution in [3.8, 4) is 0 Å². The number of Topliss-reactive ketones (excluding diaryl/α,β-unsaturated/α-hetero) is 1. The lowest BCUT2D eigenvalue weighted by Gasteiger charge is -2.50. The largest absolute Gasteiger partial charge is 0.443 e. The molecule has 1 unspecified atom stereocenters. The fourth-order valence-corrected chi connectivity index (χ4v) is 8.97. The third-order valence-electron chi connectivity index (χ3n) is 8.96. The minimum absolute atomic E-state index is 0.0862. The predicted molar refractivity (Wildman–Crippen MR) is 213 cm³/mol. The van der Waals surface area contributed by atoms with Crippen molar-refractivity contribution in [3.05, 3.63) is 94.4 Å². The number of fused-ring (bicyclic) bond motifs is 3. The number of hydrogen-bond acceptors (Lipinski definition) is 8. The van der Waals surface area contributed by atoms with Crippen molar-refractivity contribution >= 4 is 99.4 Å². The van der Waals surface area contributed by atoms with Crippen LogP contribution in [0.2, 0.25) is 0 Å². The van der Waals surface area contributed by atoms with E-state index >= 15 is 4.79 Å². The molecule has 3 amide bonds. The number of amides is 3. The maximum absolute atomic E-state index is 15.1. The summed E-state index contributed by atoms with van der Waals surface area (Å²) in [6.45, 7) is 14.3. The van der Waals surface area contributed by atoms with Crippen LogP contribution in [0, 0.1) is 0 Å². The molecule has 53 heavy (non-hydrogen) atoms. The number of allylic oxidation sites excluding steroid dienone is 2. The highest BCUT2D eigenvalue weighted by Crippen LogP contribution is 2.63. The van der Waals surface area contributed by atoms with Gasteiger partial charge in [-0.1, -0.05) is 30.3 Å². The summed E-state index contributed by atoms with van der Waals surface area (Å²) in [5.41, 5.74) is -1.87. The molecule has 0 radical (unpaired) electrons. The van der Waals surface area contributed by atoms with Gasteiger partial charge in [-0.15, -0.1) is 0 Å². The molecule has 0 N–H and O–H groups in total. The van der Waals surface area contributed by atoms with Gasteiger partial charge in [0.2, 0.25) is 5.91 Å². The molecule has 6 rings (SSSR count). The Kier molecular flexibility index (Phi) is 10.4. The van der Waals surface area contributed by atoms with Crippen molar-refractivity contribution in [3.63, 3.8) is 0 Å². The van der Waals surface area contributed by atoms with Crippen molar-refractivity contribution < 1.29 is 33.4 Å². The number of aromatic nitrogens is 2. The average Bonchev–Trinajstić information content (AvgIpc) is 3.48. The monoisotopic (exact) mass is 978 g/mol. The second-order valence-corrected chi connectivity index (χ2v) is 18.6. The molecule has 1 aliphatic carbocycles. The lowest BCUT2D eigenvalue weighted by Crippen LogP contribution is -2.65. The van der Waals surface area contributed by atoms with Crippen LogP contribution in [-0.2, 0) is 48.1 Å². The van der Waals surface area contributed by atoms with Crippen LogP contribution in [0.3, 0.4) is 0 Å². The molecule has 0 bridgehead atoms. The summed E-state index contributed by atoms with van der Waals surface area (Å²) in [4.78, 5) is 64.5. The van der Waals surface area contributed by atoms with Crippen molar-refractivity contribution in [2.75, 3.05) is 4.90 Å². The van der Waals surface area contributed by atoms with E-state index in [1.54, 1.807) is 73.6 Å². The van der Waals surface area contributed by atoms with Gasteiger partial charge in [0.25, 0.3) is 0 Å². The molecule has 1 atom stereocenters. The summed E-state index contributed by atoms with van der Waals surface area (Å²) in [6, 6.07) is 11.4. The van der Waals surface area contributed by atoms with Crippen LogP contribution < -0.4 is 4.90 Å². The first-order valence-corrected chi connectivity index (χ1v) is 19.9. The smallest absolute Gasteiger partial charge is 0.419 e. The number of carbonyl (C=O) groups excluding carboxylic acids is 4. The number of likely N-dealkylation sites (tertiary alicyclic amines) is 1. The number of rotatable bonds is 4. The zero-order valence-corrected chi connectivity index (χ0v) is 36.7. The Morgan fingerprint density at radius 1 is 0.887 bits per heavy atom. The predicted octanol–water partition coefficient (Wildman–Crippen LogP) is 10.1. The summed E-state index contributed by atoms with van der Waals surface area (Å²) >= 11 is 14.5. The molecule has 3 aromatic rings. The Balaban J connectivity index is 1.61. The highest BCUT2D eigenvalue weighted by molar-refractivity contribution is 9.14. The van der Waals surface area contributed by atoms with Gasteiger partial charge in [0.1, 0.15) is 23.5 Å². The first kappa shape index (κ1) is 39.6. The van der Waals surface area contributed by atoms with E-state index in [1.807, 2.05) is 34.9 Å². The zero-order chi connectivity index (χ0) is 39.0. The highest BCUT2D eigenvalue weighted by atomic mass is 79.9. The fraction of sp³-hybridized carbons (Fsp3) is 0.395. The second-order valence-electron chi connectivity index (χ2n) is 15.5. The summed E-state index contributed by atoms with van der Waals surface area (Å²) in [7, 11) is 0. The first-order valence-electron chi connectivity index (χ1n) is 16.7. The van der Waals surface area contributed by atoms with E-state index in [-0.39, 0.29) is 24.4 Å². The van der Waals surface area contributed by atoms with Crippen molar-refractivity contribution in [1.29, 1.82) is 0 Å². The lowest BCUT2D eigenvalue weighted by molar-refractivity contribution is -0.151. The van der Waals surface area contributed by atoms with Gasteiger partial charge in [0.05, 0.1) is 41.2 Å². The maximum atomic E-state index is 15.1. The molecule has 3 aliphatic rings. The van der Waals surface area contributed by atoms with Gasteiger partial charge in [-0.25, -0.2) is 24.4 Å². The number of ether oxygens (including phenoxy) is 3. The normalized spacial score (nSPS) is 20.7. The minimum atomic E-state index is -1.66. The molecule has 1 aromatic heterocycles. The number of ketones is 1. The molecular weight excluding hydrogens is 944 g/mol. The molecule has 2 aromatic carbocycles. The molecule has 280 valence electrons. The molecule has 3 heterocycles. The highest BCUT2D eigenvalue weighted by Gasteiger charge is 2.68. The second kappa shape index (κ2) is 13.9. The van der Waals surface area contributed by atoms with Crippen LogP contribution in [0.25, 0.3) is 6.08 Å². The molecule has 11 nitrogen and oxygen atoms in total. The molecular formula is C38H38Br4N4O7. The minimum Gasteiger partial charge on any atom is -0.443 e. The SMILES string of the molecule is CC(C)(C)OC(=O)N1/C(=C2/C=Cc3c(nc(Br)n3COCc3ccccc3)C(C)(C)C2=O)C2(CC(=O)N2C(=O)OC(C)(C)C)c2c1cc(Br)c(Br)c2Br. The summed E-state index contributed by atoms with van der Waals surface area (Å²) < 4.78 is 21.7. The number of carbonyl (C=O) groups is 4. The van der Waals surface area contributed by atoms with Gasteiger partial charge in [-0.2, -0.15) is 0 Å². The Morgan fingerprint density at radius 3 is 2.11 bits per heavy atom. The topological polar surface area (TPSA) is 120 Å². The number of imidazole rings is 1. The van der Waals surface area contributed by atoms with E-state index in [0.29, 0.717) is 47.4 Å². The Labute approximate surface area is 341 Å². The van der Waals surface area contributed by atoms with Gasteiger partial charge in [-0.05, 0) is 143 Å². The molecule has 1 spiro atoms. The molecule has 2 aliphatic heterocycles. The first-order chi connectivity index (χ1) is 24.6. The standard InChI is InChI=1S/C38H38Br4N4O7/c1-35(2,3)52-33(49)45-24-16-22(39)27(40)28(41)26(24)38(17-25(47)46(38)34(50)53-36(4,5)6)30(45)21-14-15-23-29(37(7,8)31(21)48)43-32(42)44(23)19-51-18-20-12-10-9-11-13-20/h9-16H,17-19H2,1-8H3/b30-21-. The van der Waals surface area contributed by atoms with Crippen molar-refractivity contribution in [1.82, 2.24) is 14.5 Å². The number of nitrogens with zero attached hydrogens (tertiary/aromatic N) is 4. The maximum Gasteiger partial charge on any atom is 0.419 e. The van der Waals surface area contributed by atoms with E-state index in [4.69, 9.17) is 19.2 Å². The quantitative estimate of drug-likeness (QED) is 0.144. The molecule has 1 fully saturated rings. The van der Waals surface area contributed by atoms with E-state index in [1.165, 1.54) is 4.90 Å². The number of halogens is 4. The van der Waals surface area contributed by atoms with E-state index in [0.717, 1.165) is 10.5 Å². The Bertz CT molecular complexity index is 2130. The van der Waals surface area contributed by atoms with Gasteiger partial charge >= 0.3 is 12.2 Å². The van der Waals surface area contributed by atoms with Crippen LogP contribution in [0.4, 0.5) is 15.3 Å². The van der Waals surface area contributed by atoms with Gasteiger partial charge in [-0.3, -0.25) is 14.2 Å². The fourth-order valence-electron chi connectivity index (χ4n) is 6.76. The van der Waals surface area contributed by atoms with Gasteiger partial charge < -0.3 is 14.2 Å². The summed E-state index contributed by atoms with van der Waals surface area (Å²) in [5, 5.41) is 0. The number of imide groups is 1. The van der Waals surface area contributed by atoms with Crippen molar-refractivity contribution in [2.45, 2.75) is 97.3 Å². The van der Waals surface area contributed by atoms with Crippen molar-refractivity contribution in [2.24, 2.45) is 0 Å². The molecule has 15 heteroatoms. The number of benzene rings is 2.